The maximum Gasteiger partial charge on any atom is 0.295 e. The molecular weight excluding hydrogens is 380 g/mol. The number of ether oxygens (including phenoxy) is 1. The molecule has 1 aromatic carbocycles. The lowest BCUT2D eigenvalue weighted by atomic mass is 9.85. The number of hydrogen-bond acceptors (Lipinski definition) is 5. The van der Waals surface area contributed by atoms with Crippen LogP contribution >= 0.6 is 0 Å². The Bertz CT molecular complexity index is 990. The van der Waals surface area contributed by atoms with Gasteiger partial charge in [0.1, 0.15) is 17.6 Å². The van der Waals surface area contributed by atoms with Gasteiger partial charge in [-0.2, -0.15) is 0 Å². The molecule has 1 atom stereocenters. The summed E-state index contributed by atoms with van der Waals surface area (Å²) >= 11 is 0. The minimum atomic E-state index is -0.742. The highest BCUT2D eigenvalue weighted by atomic mass is 16.5. The number of aliphatic hydroxyl groups is 1. The molecule has 6 nitrogen and oxygen atoms in total. The number of likely N-dealkylation sites (tertiary alicyclic amines) is 1. The monoisotopic (exact) mass is 408 g/mol. The number of amides is 1. The molecule has 1 N–H and O–H groups in total. The van der Waals surface area contributed by atoms with Crippen molar-refractivity contribution in [1.29, 1.82) is 0 Å². The molecule has 1 aliphatic rings. The van der Waals surface area contributed by atoms with Gasteiger partial charge in [0.05, 0.1) is 23.9 Å². The predicted molar refractivity (Wildman–Crippen MR) is 115 cm³/mol. The molecule has 1 aromatic heterocycles. The van der Waals surface area contributed by atoms with Gasteiger partial charge in [-0.15, -0.1) is 0 Å². The Morgan fingerprint density at radius 2 is 1.93 bits per heavy atom. The molecule has 0 radical (unpaired) electrons. The van der Waals surface area contributed by atoms with E-state index >= 15 is 0 Å². The maximum atomic E-state index is 13.0. The van der Waals surface area contributed by atoms with Crippen LogP contribution in [0.25, 0.3) is 5.76 Å². The molecule has 6 heteroatoms. The quantitative estimate of drug-likeness (QED) is 0.455. The van der Waals surface area contributed by atoms with Crippen LogP contribution in [0.3, 0.4) is 0 Å². The van der Waals surface area contributed by atoms with Gasteiger partial charge in [-0.25, -0.2) is 0 Å². The molecular formula is C24H28N2O4. The minimum Gasteiger partial charge on any atom is -0.507 e. The zero-order chi connectivity index (χ0) is 22.1. The van der Waals surface area contributed by atoms with Crippen molar-refractivity contribution >= 4 is 17.4 Å². The van der Waals surface area contributed by atoms with Gasteiger partial charge in [0, 0.05) is 12.7 Å². The average molecular weight is 408 g/mol. The second kappa shape index (κ2) is 8.30. The van der Waals surface area contributed by atoms with Crippen LogP contribution in [0.4, 0.5) is 0 Å². The summed E-state index contributed by atoms with van der Waals surface area (Å²) in [6, 6.07) is 10.1. The smallest absolute Gasteiger partial charge is 0.295 e. The molecule has 0 bridgehead atoms. The van der Waals surface area contributed by atoms with Crippen LogP contribution in [0.2, 0.25) is 0 Å². The van der Waals surface area contributed by atoms with E-state index in [4.69, 9.17) is 4.74 Å². The summed E-state index contributed by atoms with van der Waals surface area (Å²) in [5.74, 6) is -1.15. The number of ketones is 1. The van der Waals surface area contributed by atoms with Crippen molar-refractivity contribution in [3.8, 4) is 5.75 Å². The van der Waals surface area contributed by atoms with Gasteiger partial charge >= 0.3 is 0 Å². The Morgan fingerprint density at radius 3 is 2.50 bits per heavy atom. The van der Waals surface area contributed by atoms with Gasteiger partial charge in [0.2, 0.25) is 0 Å². The van der Waals surface area contributed by atoms with Crippen LogP contribution < -0.4 is 4.74 Å². The minimum absolute atomic E-state index is 0.0384. The first-order valence-electron chi connectivity index (χ1n) is 10.1. The number of nitrogens with zero attached hydrogens (tertiary/aromatic N) is 2. The van der Waals surface area contributed by atoms with E-state index in [0.717, 1.165) is 5.56 Å². The second-order valence-corrected chi connectivity index (χ2v) is 8.41. The van der Waals surface area contributed by atoms with E-state index in [1.807, 2.05) is 19.1 Å². The standard InChI is InChI=1S/C24H28N2O4/c1-6-13-26-20(17-9-7-8-12-25-17)19(22(28)23(26)29)21(27)16-14-15(24(2,3)4)10-11-18(16)30-5/h7-12,14,20,27H,6,13H2,1-5H3/b21-19+. The molecule has 2 aromatic rings. The Hall–Kier alpha value is -3.15. The van der Waals surface area contributed by atoms with E-state index in [1.54, 1.807) is 30.5 Å². The number of methoxy groups -OCH3 is 1. The van der Waals surface area contributed by atoms with E-state index < -0.39 is 17.7 Å². The van der Waals surface area contributed by atoms with Gasteiger partial charge in [0.15, 0.2) is 0 Å². The summed E-state index contributed by atoms with van der Waals surface area (Å²) < 4.78 is 5.45. The first-order valence-corrected chi connectivity index (χ1v) is 10.1. The first-order chi connectivity index (χ1) is 14.2. The van der Waals surface area contributed by atoms with Gasteiger partial charge in [-0.05, 0) is 41.7 Å². The predicted octanol–water partition coefficient (Wildman–Crippen LogP) is 4.22. The Morgan fingerprint density at radius 1 is 1.20 bits per heavy atom. The Kier molecular flexibility index (Phi) is 5.97. The van der Waals surface area contributed by atoms with Gasteiger partial charge in [-0.1, -0.05) is 39.8 Å². The topological polar surface area (TPSA) is 79.7 Å². The van der Waals surface area contributed by atoms with Gasteiger partial charge in [0.25, 0.3) is 11.7 Å². The molecule has 1 unspecified atom stereocenters. The molecule has 1 saturated heterocycles. The van der Waals surface area contributed by atoms with E-state index in [1.165, 1.54) is 12.0 Å². The molecule has 0 spiro atoms. The highest BCUT2D eigenvalue weighted by molar-refractivity contribution is 6.46. The number of carbonyl (C=O) groups excluding carboxylic acids is 2. The highest BCUT2D eigenvalue weighted by Crippen LogP contribution is 2.41. The van der Waals surface area contributed by atoms with Crippen LogP contribution in [-0.2, 0) is 15.0 Å². The van der Waals surface area contributed by atoms with Crippen molar-refractivity contribution in [2.24, 2.45) is 0 Å². The third-order valence-corrected chi connectivity index (χ3v) is 5.29. The zero-order valence-electron chi connectivity index (χ0n) is 18.1. The summed E-state index contributed by atoms with van der Waals surface area (Å²) in [6.07, 6.45) is 2.29. The fourth-order valence-electron chi connectivity index (χ4n) is 3.70. The molecule has 3 rings (SSSR count). The third-order valence-electron chi connectivity index (χ3n) is 5.29. The number of Topliss-reactive ketones (excluding diaryl/α,β-unsaturated/α-hetero) is 1. The lowest BCUT2D eigenvalue weighted by Gasteiger charge is -2.24. The number of benzene rings is 1. The molecule has 30 heavy (non-hydrogen) atoms. The fraction of sp³-hybridized carbons (Fsp3) is 0.375. The van der Waals surface area contributed by atoms with E-state index in [9.17, 15) is 14.7 Å². The summed E-state index contributed by atoms with van der Waals surface area (Å²) in [7, 11) is 1.51. The van der Waals surface area contributed by atoms with Crippen molar-refractivity contribution in [2.75, 3.05) is 13.7 Å². The average Bonchev–Trinajstić information content (AvgIpc) is 2.98. The Balaban J connectivity index is 2.26. The molecule has 158 valence electrons. The number of carbonyl (C=O) groups is 2. The first kappa shape index (κ1) is 21.6. The number of aromatic nitrogens is 1. The highest BCUT2D eigenvalue weighted by Gasteiger charge is 2.46. The maximum absolute atomic E-state index is 13.0. The lowest BCUT2D eigenvalue weighted by Crippen LogP contribution is -2.30. The third kappa shape index (κ3) is 3.82. The van der Waals surface area contributed by atoms with Crippen molar-refractivity contribution in [1.82, 2.24) is 9.88 Å². The van der Waals surface area contributed by atoms with Crippen LogP contribution in [0.15, 0.2) is 48.2 Å². The van der Waals surface area contributed by atoms with Crippen molar-refractivity contribution in [3.05, 3.63) is 65.0 Å². The normalized spacial score (nSPS) is 18.7. The number of aliphatic hydroxyl groups excluding tert-OH is 1. The number of hydrogen-bond donors (Lipinski definition) is 1. The Labute approximate surface area is 177 Å². The second-order valence-electron chi connectivity index (χ2n) is 8.41. The van der Waals surface area contributed by atoms with Crippen LogP contribution in [-0.4, -0.2) is 40.3 Å². The van der Waals surface area contributed by atoms with Crippen LogP contribution in [0, 0.1) is 0 Å². The molecule has 2 heterocycles. The lowest BCUT2D eigenvalue weighted by molar-refractivity contribution is -0.139. The number of pyridine rings is 1. The molecule has 1 aliphatic heterocycles. The van der Waals surface area contributed by atoms with Crippen molar-refractivity contribution < 1.29 is 19.4 Å². The van der Waals surface area contributed by atoms with E-state index in [-0.39, 0.29) is 16.7 Å². The molecule has 0 saturated carbocycles. The van der Waals surface area contributed by atoms with Crippen molar-refractivity contribution in [2.45, 2.75) is 45.6 Å². The summed E-state index contributed by atoms with van der Waals surface area (Å²) in [4.78, 5) is 31.6. The number of rotatable bonds is 5. The molecule has 0 aliphatic carbocycles. The summed E-state index contributed by atoms with van der Waals surface area (Å²) in [5, 5.41) is 11.3. The van der Waals surface area contributed by atoms with Gasteiger partial charge in [-0.3, -0.25) is 14.6 Å². The largest absolute Gasteiger partial charge is 0.507 e. The van der Waals surface area contributed by atoms with E-state index in [2.05, 4.69) is 25.8 Å². The van der Waals surface area contributed by atoms with Crippen LogP contribution in [0.1, 0.15) is 57.0 Å². The zero-order valence-corrected chi connectivity index (χ0v) is 18.1. The fourth-order valence-corrected chi connectivity index (χ4v) is 3.70. The summed E-state index contributed by atoms with van der Waals surface area (Å²) in [5.41, 5.74) is 1.77. The molecule has 1 fully saturated rings. The van der Waals surface area contributed by atoms with Crippen molar-refractivity contribution in [3.63, 3.8) is 0 Å². The van der Waals surface area contributed by atoms with Gasteiger partial charge < -0.3 is 14.7 Å². The van der Waals surface area contributed by atoms with Crippen LogP contribution in [0.5, 0.6) is 5.75 Å². The SMILES string of the molecule is CCCN1C(=O)C(=O)/C(=C(/O)c2cc(C(C)(C)C)ccc2OC)C1c1ccccn1. The summed E-state index contributed by atoms with van der Waals surface area (Å²) in [6.45, 7) is 8.51. The molecule has 1 amide bonds. The van der Waals surface area contributed by atoms with E-state index in [0.29, 0.717) is 30.0 Å².